The Balaban J connectivity index is 1.76. The van der Waals surface area contributed by atoms with Gasteiger partial charge in [0, 0.05) is 25.8 Å². The smallest absolute Gasteiger partial charge is 0.328 e. The number of nitrogens with zero attached hydrogens (tertiary/aromatic N) is 3. The molecule has 1 aromatic heterocycles. The highest BCUT2D eigenvalue weighted by Gasteiger charge is 2.33. The zero-order valence-corrected chi connectivity index (χ0v) is 9.22. The van der Waals surface area contributed by atoms with Gasteiger partial charge >= 0.3 is 12.1 Å². The van der Waals surface area contributed by atoms with Gasteiger partial charge in [-0.3, -0.25) is 4.98 Å². The summed E-state index contributed by atoms with van der Waals surface area (Å²) in [6.07, 6.45) is 1.72. The predicted molar refractivity (Wildman–Crippen MR) is 59.0 cm³/mol. The lowest BCUT2D eigenvalue weighted by Crippen LogP contribution is -2.42. The summed E-state index contributed by atoms with van der Waals surface area (Å²) in [5.41, 5.74) is 1.97. The van der Waals surface area contributed by atoms with E-state index >= 15 is 0 Å². The van der Waals surface area contributed by atoms with Crippen LogP contribution in [0.3, 0.4) is 0 Å². The van der Waals surface area contributed by atoms with E-state index in [1.165, 1.54) is 4.90 Å². The first kappa shape index (κ1) is 10.1. The molecule has 1 N–H and O–H groups in total. The van der Waals surface area contributed by atoms with Crippen LogP contribution < -0.4 is 5.32 Å². The van der Waals surface area contributed by atoms with Crippen LogP contribution in [0.4, 0.5) is 9.59 Å². The molecule has 17 heavy (non-hydrogen) atoms. The van der Waals surface area contributed by atoms with Crippen LogP contribution in [0.15, 0.2) is 18.3 Å². The molecule has 3 heterocycles. The summed E-state index contributed by atoms with van der Waals surface area (Å²) in [5, 5.41) is 2.62. The molecule has 0 radical (unpaired) electrons. The lowest BCUT2D eigenvalue weighted by atomic mass is 10.2. The van der Waals surface area contributed by atoms with Gasteiger partial charge in [0.25, 0.3) is 0 Å². The minimum absolute atomic E-state index is 0.238. The number of aromatic nitrogens is 1. The van der Waals surface area contributed by atoms with E-state index in [2.05, 4.69) is 10.3 Å². The van der Waals surface area contributed by atoms with E-state index < -0.39 is 0 Å². The Labute approximate surface area is 98.2 Å². The number of amides is 4. The number of hydrogen-bond acceptors (Lipinski definition) is 3. The van der Waals surface area contributed by atoms with Crippen LogP contribution in [-0.4, -0.2) is 39.9 Å². The monoisotopic (exact) mass is 232 g/mol. The first-order valence-electron chi connectivity index (χ1n) is 5.53. The number of fused-ring (bicyclic) bond motifs is 1. The van der Waals surface area contributed by atoms with E-state index in [1.807, 2.05) is 12.1 Å². The SMILES string of the molecule is O=C1NCCN1C(=O)N1Cc2cccnc2C1. The Bertz CT molecular complexity index is 463. The van der Waals surface area contributed by atoms with E-state index in [9.17, 15) is 9.59 Å². The molecule has 0 saturated carbocycles. The molecule has 6 heteroatoms. The molecule has 88 valence electrons. The molecule has 0 bridgehead atoms. The number of hydrogen-bond donors (Lipinski definition) is 1. The van der Waals surface area contributed by atoms with Gasteiger partial charge in [-0.05, 0) is 11.6 Å². The molecule has 3 rings (SSSR count). The number of imide groups is 1. The van der Waals surface area contributed by atoms with Gasteiger partial charge in [-0.2, -0.15) is 0 Å². The average Bonchev–Trinajstić information content (AvgIpc) is 2.93. The van der Waals surface area contributed by atoms with Crippen molar-refractivity contribution in [1.82, 2.24) is 20.1 Å². The van der Waals surface area contributed by atoms with E-state index in [0.29, 0.717) is 26.2 Å². The Morgan fingerprint density at radius 1 is 1.41 bits per heavy atom. The van der Waals surface area contributed by atoms with Gasteiger partial charge in [-0.1, -0.05) is 6.07 Å². The highest BCUT2D eigenvalue weighted by molar-refractivity contribution is 5.95. The number of nitrogens with one attached hydrogen (secondary N) is 1. The van der Waals surface area contributed by atoms with E-state index in [1.54, 1.807) is 11.1 Å². The molecule has 1 aromatic rings. The third-order valence-electron chi connectivity index (χ3n) is 3.04. The quantitative estimate of drug-likeness (QED) is 0.710. The number of pyridine rings is 1. The maximum absolute atomic E-state index is 12.1. The molecular weight excluding hydrogens is 220 g/mol. The van der Waals surface area contributed by atoms with Crippen LogP contribution in [0.1, 0.15) is 11.3 Å². The molecule has 6 nitrogen and oxygen atoms in total. The molecule has 0 aliphatic carbocycles. The van der Waals surface area contributed by atoms with Crippen molar-refractivity contribution in [3.8, 4) is 0 Å². The highest BCUT2D eigenvalue weighted by Crippen LogP contribution is 2.21. The van der Waals surface area contributed by atoms with Crippen LogP contribution in [0.2, 0.25) is 0 Å². The lowest BCUT2D eigenvalue weighted by molar-refractivity contribution is 0.163. The molecule has 0 atom stereocenters. The molecule has 0 unspecified atom stereocenters. The van der Waals surface area contributed by atoms with Crippen molar-refractivity contribution in [3.05, 3.63) is 29.6 Å². The van der Waals surface area contributed by atoms with Gasteiger partial charge in [-0.15, -0.1) is 0 Å². The van der Waals surface area contributed by atoms with E-state index in [4.69, 9.17) is 0 Å². The first-order valence-corrected chi connectivity index (χ1v) is 5.53. The van der Waals surface area contributed by atoms with Crippen molar-refractivity contribution in [3.63, 3.8) is 0 Å². The standard InChI is InChI=1S/C11H12N4O2/c16-10-13-4-5-15(10)11(17)14-6-8-2-1-3-12-9(8)7-14/h1-3H,4-7H2,(H,13,16). The van der Waals surface area contributed by atoms with Crippen molar-refractivity contribution in [1.29, 1.82) is 0 Å². The second-order valence-electron chi connectivity index (χ2n) is 4.13. The normalized spacial score (nSPS) is 18.2. The topological polar surface area (TPSA) is 65.5 Å². The van der Waals surface area contributed by atoms with Crippen LogP contribution in [-0.2, 0) is 13.1 Å². The number of carbonyl (C=O) groups is 2. The molecule has 2 aliphatic rings. The summed E-state index contributed by atoms with van der Waals surface area (Å²) in [6.45, 7) is 1.99. The fourth-order valence-electron chi connectivity index (χ4n) is 2.16. The highest BCUT2D eigenvalue weighted by atomic mass is 16.2. The van der Waals surface area contributed by atoms with Crippen molar-refractivity contribution in [2.24, 2.45) is 0 Å². The van der Waals surface area contributed by atoms with Gasteiger partial charge in [-0.25, -0.2) is 14.5 Å². The fraction of sp³-hybridized carbons (Fsp3) is 0.364. The maximum atomic E-state index is 12.1. The third kappa shape index (κ3) is 1.61. The summed E-state index contributed by atoms with van der Waals surface area (Å²) >= 11 is 0. The molecule has 4 amide bonds. The second-order valence-corrected chi connectivity index (χ2v) is 4.13. The lowest BCUT2D eigenvalue weighted by Gasteiger charge is -2.20. The molecule has 1 saturated heterocycles. The summed E-state index contributed by atoms with van der Waals surface area (Å²) in [4.78, 5) is 30.6. The van der Waals surface area contributed by atoms with Gasteiger partial charge in [0.2, 0.25) is 0 Å². The summed E-state index contributed by atoms with van der Waals surface area (Å²) < 4.78 is 0. The number of urea groups is 2. The summed E-state index contributed by atoms with van der Waals surface area (Å²) in [7, 11) is 0. The van der Waals surface area contributed by atoms with Crippen molar-refractivity contribution in [2.75, 3.05) is 13.1 Å². The van der Waals surface area contributed by atoms with Crippen molar-refractivity contribution < 1.29 is 9.59 Å². The number of rotatable bonds is 0. The van der Waals surface area contributed by atoms with E-state index in [0.717, 1.165) is 11.3 Å². The zero-order valence-electron chi connectivity index (χ0n) is 9.22. The third-order valence-corrected chi connectivity index (χ3v) is 3.04. The van der Waals surface area contributed by atoms with Crippen LogP contribution in [0, 0.1) is 0 Å². The van der Waals surface area contributed by atoms with Gasteiger partial charge in [0.05, 0.1) is 12.2 Å². The van der Waals surface area contributed by atoms with Gasteiger partial charge in [0.1, 0.15) is 0 Å². The van der Waals surface area contributed by atoms with Gasteiger partial charge < -0.3 is 10.2 Å². The summed E-state index contributed by atoms with van der Waals surface area (Å²) in [6, 6.07) is 3.27. The van der Waals surface area contributed by atoms with Crippen LogP contribution in [0.5, 0.6) is 0 Å². The Kier molecular flexibility index (Phi) is 2.21. The van der Waals surface area contributed by atoms with Crippen LogP contribution >= 0.6 is 0 Å². The molecule has 1 fully saturated rings. The van der Waals surface area contributed by atoms with E-state index in [-0.39, 0.29) is 12.1 Å². The molecule has 0 aromatic carbocycles. The molecule has 0 spiro atoms. The van der Waals surface area contributed by atoms with Crippen molar-refractivity contribution >= 4 is 12.1 Å². The first-order chi connectivity index (χ1) is 8.25. The Morgan fingerprint density at radius 2 is 2.29 bits per heavy atom. The number of carbonyl (C=O) groups excluding carboxylic acids is 2. The maximum Gasteiger partial charge on any atom is 0.328 e. The van der Waals surface area contributed by atoms with Crippen molar-refractivity contribution in [2.45, 2.75) is 13.1 Å². The molecule has 2 aliphatic heterocycles. The zero-order chi connectivity index (χ0) is 11.8. The largest absolute Gasteiger partial charge is 0.336 e. The minimum Gasteiger partial charge on any atom is -0.336 e. The second kappa shape index (κ2) is 3.73. The Hall–Kier alpha value is -2.11. The average molecular weight is 232 g/mol. The summed E-state index contributed by atoms with van der Waals surface area (Å²) in [5.74, 6) is 0. The predicted octanol–water partition coefficient (Wildman–Crippen LogP) is 0.542. The van der Waals surface area contributed by atoms with Gasteiger partial charge in [0.15, 0.2) is 0 Å². The fourth-order valence-corrected chi connectivity index (χ4v) is 2.16. The van der Waals surface area contributed by atoms with Crippen LogP contribution in [0.25, 0.3) is 0 Å². The minimum atomic E-state index is -0.307. The molecular formula is C11H12N4O2. The Morgan fingerprint density at radius 3 is 3.00 bits per heavy atom.